The third-order valence-electron chi connectivity index (χ3n) is 4.61. The molecule has 1 unspecified atom stereocenters. The summed E-state index contributed by atoms with van der Waals surface area (Å²) in [6.45, 7) is 1.89. The second-order valence-electron chi connectivity index (χ2n) is 6.69. The van der Waals surface area contributed by atoms with Crippen LogP contribution in [0.2, 0.25) is 0 Å². The van der Waals surface area contributed by atoms with E-state index in [1.165, 1.54) is 12.1 Å². The molecule has 28 heavy (non-hydrogen) atoms. The Kier molecular flexibility index (Phi) is 5.19. The molecule has 0 fully saturated rings. The number of furan rings is 1. The minimum atomic E-state index is -3.96. The molecular weight excluding hydrogens is 394 g/mol. The molecule has 0 saturated carbocycles. The second-order valence-corrected chi connectivity index (χ2v) is 9.17. The molecule has 3 aromatic rings. The lowest BCUT2D eigenvalue weighted by Crippen LogP contribution is -2.13. The van der Waals surface area contributed by atoms with E-state index in [2.05, 4.69) is 5.16 Å². The average Bonchev–Trinajstić information content (AvgIpc) is 3.40. The van der Waals surface area contributed by atoms with Crippen molar-refractivity contribution in [2.75, 3.05) is 0 Å². The monoisotopic (exact) mass is 413 g/mol. The van der Waals surface area contributed by atoms with Gasteiger partial charge in [-0.3, -0.25) is 4.28 Å². The van der Waals surface area contributed by atoms with Gasteiger partial charge in [0, 0.05) is 17.2 Å². The normalized spacial score (nSPS) is 18.8. The van der Waals surface area contributed by atoms with Crippen LogP contribution in [0, 0.1) is 6.92 Å². The Morgan fingerprint density at radius 1 is 1.11 bits per heavy atom. The predicted octanol–water partition coefficient (Wildman–Crippen LogP) is 5.37. The first-order valence-electron chi connectivity index (χ1n) is 8.86. The van der Waals surface area contributed by atoms with Crippen LogP contribution in [0.1, 0.15) is 35.0 Å². The van der Waals surface area contributed by atoms with E-state index in [-0.39, 0.29) is 10.8 Å². The number of nitrogens with zero attached hydrogens (tertiary/aromatic N) is 1. The average molecular weight is 414 g/mol. The summed E-state index contributed by atoms with van der Waals surface area (Å²) in [5, 5.41) is 6.00. The van der Waals surface area contributed by atoms with Crippen LogP contribution in [0.5, 0.6) is 0 Å². The minimum absolute atomic E-state index is 0.0847. The second kappa shape index (κ2) is 7.77. The van der Waals surface area contributed by atoms with Gasteiger partial charge < -0.3 is 4.42 Å². The lowest BCUT2D eigenvalue weighted by Gasteiger charge is -2.21. The molecule has 0 aliphatic heterocycles. The van der Waals surface area contributed by atoms with Gasteiger partial charge in [0.15, 0.2) is 0 Å². The van der Waals surface area contributed by atoms with Gasteiger partial charge in [-0.05, 0) is 60.7 Å². The lowest BCUT2D eigenvalue weighted by molar-refractivity contribution is 0.337. The SMILES string of the molecule is Cc1ccc(S(=O)(=O)O/N=C2\C=C(c3cccs3)CC(c3ccco3)C2)cc1. The Morgan fingerprint density at radius 2 is 1.93 bits per heavy atom. The number of rotatable bonds is 5. The van der Waals surface area contributed by atoms with Gasteiger partial charge in [-0.25, -0.2) is 0 Å². The van der Waals surface area contributed by atoms with E-state index in [4.69, 9.17) is 8.70 Å². The predicted molar refractivity (Wildman–Crippen MR) is 110 cm³/mol. The number of benzene rings is 1. The molecule has 1 aliphatic rings. The molecule has 0 N–H and O–H groups in total. The van der Waals surface area contributed by atoms with Crippen LogP contribution < -0.4 is 0 Å². The molecular formula is C21H19NO4S2. The zero-order chi connectivity index (χ0) is 19.6. The molecule has 0 bridgehead atoms. The summed E-state index contributed by atoms with van der Waals surface area (Å²) in [5.41, 5.74) is 2.65. The van der Waals surface area contributed by atoms with Gasteiger partial charge in [-0.1, -0.05) is 28.9 Å². The standard InChI is InChI=1S/C21H19NO4S2/c1-15-6-8-19(9-7-15)28(23,24)26-22-18-13-16(20-4-2-10-25-20)12-17(14-18)21-5-3-11-27-21/h2-11,14,16H,12-13H2,1H3/b22-18-. The molecule has 0 amide bonds. The highest BCUT2D eigenvalue weighted by Gasteiger charge is 2.25. The molecule has 1 aliphatic carbocycles. The van der Waals surface area contributed by atoms with E-state index in [0.29, 0.717) is 12.1 Å². The molecule has 4 rings (SSSR count). The molecule has 2 heterocycles. The maximum atomic E-state index is 12.4. The summed E-state index contributed by atoms with van der Waals surface area (Å²) in [4.78, 5) is 1.22. The molecule has 144 valence electrons. The highest BCUT2D eigenvalue weighted by Crippen LogP contribution is 2.38. The van der Waals surface area contributed by atoms with Crippen LogP contribution in [-0.4, -0.2) is 14.1 Å². The summed E-state index contributed by atoms with van der Waals surface area (Å²) in [7, 11) is -3.96. The van der Waals surface area contributed by atoms with Crippen molar-refractivity contribution < 1.29 is 17.1 Å². The first kappa shape index (κ1) is 18.7. The van der Waals surface area contributed by atoms with E-state index < -0.39 is 10.1 Å². The van der Waals surface area contributed by atoms with Crippen LogP contribution >= 0.6 is 11.3 Å². The largest absolute Gasteiger partial charge is 0.469 e. The Morgan fingerprint density at radius 3 is 2.61 bits per heavy atom. The first-order valence-corrected chi connectivity index (χ1v) is 11.1. The topological polar surface area (TPSA) is 68.9 Å². The van der Waals surface area contributed by atoms with Crippen LogP contribution in [0.4, 0.5) is 0 Å². The van der Waals surface area contributed by atoms with Crippen LogP contribution in [0.25, 0.3) is 5.57 Å². The van der Waals surface area contributed by atoms with Gasteiger partial charge in [0.05, 0.1) is 12.0 Å². The smallest absolute Gasteiger partial charge is 0.358 e. The molecule has 1 aromatic carbocycles. The Hall–Kier alpha value is -2.64. The zero-order valence-electron chi connectivity index (χ0n) is 15.2. The summed E-state index contributed by atoms with van der Waals surface area (Å²) < 4.78 is 35.5. The lowest BCUT2D eigenvalue weighted by atomic mass is 9.85. The van der Waals surface area contributed by atoms with Crippen molar-refractivity contribution in [2.24, 2.45) is 5.16 Å². The molecule has 0 saturated heterocycles. The quantitative estimate of drug-likeness (QED) is 0.527. The number of hydrogen-bond donors (Lipinski definition) is 0. The van der Waals surface area contributed by atoms with E-state index in [1.807, 2.05) is 42.6 Å². The van der Waals surface area contributed by atoms with Crippen LogP contribution in [0.3, 0.4) is 0 Å². The molecule has 5 nitrogen and oxygen atoms in total. The number of oxime groups is 1. The van der Waals surface area contributed by atoms with Gasteiger partial charge in [0.1, 0.15) is 10.7 Å². The van der Waals surface area contributed by atoms with Crippen molar-refractivity contribution in [3.63, 3.8) is 0 Å². The van der Waals surface area contributed by atoms with Gasteiger partial charge in [-0.15, -0.1) is 11.3 Å². The van der Waals surface area contributed by atoms with Crippen molar-refractivity contribution in [3.8, 4) is 0 Å². The number of hydrogen-bond acceptors (Lipinski definition) is 6. The fraction of sp³-hybridized carbons (Fsp3) is 0.190. The maximum Gasteiger partial charge on any atom is 0.358 e. The third kappa shape index (κ3) is 4.10. The van der Waals surface area contributed by atoms with Crippen LogP contribution in [-0.2, 0) is 14.4 Å². The third-order valence-corrected chi connectivity index (χ3v) is 6.67. The molecule has 1 atom stereocenters. The van der Waals surface area contributed by atoms with Gasteiger partial charge in [-0.2, -0.15) is 8.42 Å². The number of thiophene rings is 1. The van der Waals surface area contributed by atoms with Crippen molar-refractivity contribution in [2.45, 2.75) is 30.6 Å². The van der Waals surface area contributed by atoms with E-state index in [0.717, 1.165) is 28.2 Å². The minimum Gasteiger partial charge on any atom is -0.469 e. The fourth-order valence-electron chi connectivity index (χ4n) is 3.18. The van der Waals surface area contributed by atoms with Gasteiger partial charge in [0.25, 0.3) is 0 Å². The van der Waals surface area contributed by atoms with Crippen molar-refractivity contribution in [1.29, 1.82) is 0 Å². The highest BCUT2D eigenvalue weighted by atomic mass is 32.2. The van der Waals surface area contributed by atoms with Crippen LogP contribution in [0.15, 0.2) is 80.7 Å². The highest BCUT2D eigenvalue weighted by molar-refractivity contribution is 7.86. The summed E-state index contributed by atoms with van der Waals surface area (Å²) in [6, 6.07) is 14.3. The number of allylic oxidation sites excluding steroid dienone is 2. The van der Waals surface area contributed by atoms with Crippen molar-refractivity contribution in [1.82, 2.24) is 0 Å². The number of aryl methyl sites for hydroxylation is 1. The van der Waals surface area contributed by atoms with E-state index in [9.17, 15) is 8.42 Å². The van der Waals surface area contributed by atoms with Crippen molar-refractivity contribution >= 4 is 32.7 Å². The Bertz CT molecular complexity index is 1090. The summed E-state index contributed by atoms with van der Waals surface area (Å²) >= 11 is 1.64. The zero-order valence-corrected chi connectivity index (χ0v) is 16.9. The molecule has 0 spiro atoms. The Labute approximate surface area is 168 Å². The van der Waals surface area contributed by atoms with E-state index >= 15 is 0 Å². The Balaban J connectivity index is 1.62. The van der Waals surface area contributed by atoms with Gasteiger partial charge in [0.2, 0.25) is 0 Å². The van der Waals surface area contributed by atoms with Gasteiger partial charge >= 0.3 is 10.1 Å². The first-order chi connectivity index (χ1) is 13.5. The maximum absolute atomic E-state index is 12.4. The van der Waals surface area contributed by atoms with E-state index in [1.54, 1.807) is 29.7 Å². The fourth-order valence-corrected chi connectivity index (χ4v) is 4.68. The molecule has 0 radical (unpaired) electrons. The molecule has 7 heteroatoms. The molecule has 2 aromatic heterocycles. The summed E-state index contributed by atoms with van der Waals surface area (Å²) in [5.74, 6) is 0.942. The van der Waals surface area contributed by atoms with Crippen molar-refractivity contribution in [3.05, 3.63) is 82.5 Å². The summed E-state index contributed by atoms with van der Waals surface area (Å²) in [6.07, 6.45) is 4.91.